The van der Waals surface area contributed by atoms with E-state index in [4.69, 9.17) is 14.2 Å². The van der Waals surface area contributed by atoms with Crippen LogP contribution in [0, 0.1) is 5.82 Å². The zero-order chi connectivity index (χ0) is 19.1. The van der Waals surface area contributed by atoms with Crippen molar-refractivity contribution in [2.75, 3.05) is 18.5 Å². The van der Waals surface area contributed by atoms with Crippen LogP contribution >= 0.6 is 0 Å². The lowest BCUT2D eigenvalue weighted by Gasteiger charge is -2.23. The summed E-state index contributed by atoms with van der Waals surface area (Å²) in [6, 6.07) is 8.96. The molecule has 1 aromatic heterocycles. The molecule has 1 fully saturated rings. The Bertz CT molecular complexity index is 731. The van der Waals surface area contributed by atoms with Crippen LogP contribution in [0.1, 0.15) is 26.2 Å². The molecule has 144 valence electrons. The number of nitrogens with zero attached hydrogens (tertiary/aromatic N) is 1. The molecule has 0 radical (unpaired) electrons. The Labute approximate surface area is 157 Å². The molecule has 1 amide bonds. The highest BCUT2D eigenvalue weighted by molar-refractivity contribution is 5.93. The number of hydrogen-bond acceptors (Lipinski definition) is 5. The van der Waals surface area contributed by atoms with E-state index in [1.165, 1.54) is 30.5 Å². The Balaban J connectivity index is 1.46. The third-order valence-electron chi connectivity index (χ3n) is 4.22. The third-order valence-corrected chi connectivity index (χ3v) is 4.22. The van der Waals surface area contributed by atoms with E-state index in [0.29, 0.717) is 23.9 Å². The molecular formula is C20H23FN2O4. The van der Waals surface area contributed by atoms with Crippen molar-refractivity contribution in [3.8, 4) is 11.6 Å². The van der Waals surface area contributed by atoms with Crippen molar-refractivity contribution in [1.82, 2.24) is 4.98 Å². The number of rotatable bonds is 7. The molecule has 1 aliphatic rings. The summed E-state index contributed by atoms with van der Waals surface area (Å²) in [6.07, 6.45) is 4.15. The molecule has 1 aliphatic heterocycles. The number of ether oxygens (including phenoxy) is 3. The van der Waals surface area contributed by atoms with Crippen molar-refractivity contribution in [1.29, 1.82) is 0 Å². The topological polar surface area (TPSA) is 69.7 Å². The van der Waals surface area contributed by atoms with Gasteiger partial charge in [0.1, 0.15) is 17.7 Å². The number of carbonyl (C=O) groups excluding carboxylic acids is 1. The van der Waals surface area contributed by atoms with E-state index in [2.05, 4.69) is 10.3 Å². The third kappa shape index (κ3) is 6.01. The summed E-state index contributed by atoms with van der Waals surface area (Å²) in [6.45, 7) is 2.88. The van der Waals surface area contributed by atoms with Gasteiger partial charge in [-0.05, 0) is 56.5 Å². The van der Waals surface area contributed by atoms with E-state index in [-0.39, 0.29) is 17.8 Å². The van der Waals surface area contributed by atoms with Crippen LogP contribution in [0.4, 0.5) is 10.1 Å². The monoisotopic (exact) mass is 374 g/mol. The number of carbonyl (C=O) groups is 1. The molecule has 3 rings (SSSR count). The standard InChI is InChI=1S/C20H23FN2O4/c1-14(26-13-18-4-2-3-11-25-18)20(24)23-16-7-10-19(22-12-16)27-17-8-5-15(21)6-9-17/h5-10,12,14,18H,2-4,11,13H2,1H3,(H,23,24). The van der Waals surface area contributed by atoms with Crippen LogP contribution in [0.25, 0.3) is 0 Å². The van der Waals surface area contributed by atoms with E-state index in [0.717, 1.165) is 25.9 Å². The summed E-state index contributed by atoms with van der Waals surface area (Å²) in [7, 11) is 0. The van der Waals surface area contributed by atoms with Gasteiger partial charge in [-0.3, -0.25) is 4.79 Å². The van der Waals surface area contributed by atoms with Gasteiger partial charge in [-0.25, -0.2) is 9.37 Å². The highest BCUT2D eigenvalue weighted by Gasteiger charge is 2.19. The molecule has 27 heavy (non-hydrogen) atoms. The first-order chi connectivity index (χ1) is 13.1. The van der Waals surface area contributed by atoms with Gasteiger partial charge in [0, 0.05) is 12.7 Å². The van der Waals surface area contributed by atoms with E-state index in [9.17, 15) is 9.18 Å². The Morgan fingerprint density at radius 3 is 2.78 bits per heavy atom. The highest BCUT2D eigenvalue weighted by atomic mass is 19.1. The van der Waals surface area contributed by atoms with Gasteiger partial charge in [0.15, 0.2) is 0 Å². The number of amides is 1. The highest BCUT2D eigenvalue weighted by Crippen LogP contribution is 2.21. The van der Waals surface area contributed by atoms with E-state index in [1.807, 2.05) is 0 Å². The quantitative estimate of drug-likeness (QED) is 0.795. The van der Waals surface area contributed by atoms with Crippen LogP contribution in [-0.4, -0.2) is 36.3 Å². The number of hydrogen-bond donors (Lipinski definition) is 1. The minimum Gasteiger partial charge on any atom is -0.439 e. The molecule has 1 saturated heterocycles. The molecule has 0 bridgehead atoms. The number of halogens is 1. The van der Waals surface area contributed by atoms with Crippen LogP contribution in [0.3, 0.4) is 0 Å². The molecule has 0 saturated carbocycles. The fraction of sp³-hybridized carbons (Fsp3) is 0.400. The van der Waals surface area contributed by atoms with Gasteiger partial charge < -0.3 is 19.5 Å². The summed E-state index contributed by atoms with van der Waals surface area (Å²) in [5, 5.41) is 2.76. The smallest absolute Gasteiger partial charge is 0.253 e. The number of benzene rings is 1. The maximum atomic E-state index is 12.9. The molecule has 1 N–H and O–H groups in total. The molecule has 7 heteroatoms. The van der Waals surface area contributed by atoms with Crippen molar-refractivity contribution < 1.29 is 23.4 Å². The predicted molar refractivity (Wildman–Crippen MR) is 98.3 cm³/mol. The average Bonchev–Trinajstić information content (AvgIpc) is 2.70. The van der Waals surface area contributed by atoms with Crippen LogP contribution in [0.2, 0.25) is 0 Å². The summed E-state index contributed by atoms with van der Waals surface area (Å²) in [5.41, 5.74) is 0.538. The summed E-state index contributed by atoms with van der Waals surface area (Å²) < 4.78 is 29.6. The van der Waals surface area contributed by atoms with Gasteiger partial charge in [0.2, 0.25) is 5.88 Å². The van der Waals surface area contributed by atoms with E-state index in [1.54, 1.807) is 19.1 Å². The van der Waals surface area contributed by atoms with Crippen LogP contribution in [-0.2, 0) is 14.3 Å². The number of nitrogens with one attached hydrogen (secondary N) is 1. The second kappa shape index (κ2) is 9.43. The van der Waals surface area contributed by atoms with Gasteiger partial charge in [-0.1, -0.05) is 0 Å². The molecule has 2 heterocycles. The first kappa shape index (κ1) is 19.3. The van der Waals surface area contributed by atoms with Crippen LogP contribution in [0.5, 0.6) is 11.6 Å². The lowest BCUT2D eigenvalue weighted by molar-refractivity contribution is -0.130. The molecule has 0 aliphatic carbocycles. The number of anilines is 1. The van der Waals surface area contributed by atoms with Gasteiger partial charge in [-0.2, -0.15) is 0 Å². The first-order valence-electron chi connectivity index (χ1n) is 9.04. The normalized spacial score (nSPS) is 17.9. The SMILES string of the molecule is CC(OCC1CCCCO1)C(=O)Nc1ccc(Oc2ccc(F)cc2)nc1. The molecule has 2 aromatic rings. The second-order valence-corrected chi connectivity index (χ2v) is 6.39. The Hall–Kier alpha value is -2.51. The lowest BCUT2D eigenvalue weighted by atomic mass is 10.1. The minimum absolute atomic E-state index is 0.0681. The van der Waals surface area contributed by atoms with Crippen molar-refractivity contribution in [3.05, 3.63) is 48.4 Å². The lowest BCUT2D eigenvalue weighted by Crippen LogP contribution is -2.32. The van der Waals surface area contributed by atoms with Crippen LogP contribution < -0.4 is 10.1 Å². The average molecular weight is 374 g/mol. The Morgan fingerprint density at radius 2 is 2.11 bits per heavy atom. The fourth-order valence-corrected chi connectivity index (χ4v) is 2.65. The van der Waals surface area contributed by atoms with E-state index < -0.39 is 6.10 Å². The number of aromatic nitrogens is 1. The van der Waals surface area contributed by atoms with Crippen molar-refractivity contribution >= 4 is 11.6 Å². The van der Waals surface area contributed by atoms with Gasteiger partial charge in [-0.15, -0.1) is 0 Å². The maximum absolute atomic E-state index is 12.9. The van der Waals surface area contributed by atoms with Crippen molar-refractivity contribution in [2.24, 2.45) is 0 Å². The largest absolute Gasteiger partial charge is 0.439 e. The summed E-state index contributed by atoms with van der Waals surface area (Å²) in [5.74, 6) is 0.241. The van der Waals surface area contributed by atoms with Gasteiger partial charge in [0.05, 0.1) is 24.6 Å². The summed E-state index contributed by atoms with van der Waals surface area (Å²) >= 11 is 0. The molecule has 0 spiro atoms. The molecule has 2 atom stereocenters. The predicted octanol–water partition coefficient (Wildman–Crippen LogP) is 3.93. The molecular weight excluding hydrogens is 351 g/mol. The minimum atomic E-state index is -0.592. The number of pyridine rings is 1. The zero-order valence-corrected chi connectivity index (χ0v) is 15.2. The molecule has 2 unspecified atom stereocenters. The van der Waals surface area contributed by atoms with Crippen LogP contribution in [0.15, 0.2) is 42.6 Å². The second-order valence-electron chi connectivity index (χ2n) is 6.39. The molecule has 6 nitrogen and oxygen atoms in total. The van der Waals surface area contributed by atoms with Gasteiger partial charge >= 0.3 is 0 Å². The maximum Gasteiger partial charge on any atom is 0.253 e. The van der Waals surface area contributed by atoms with Gasteiger partial charge in [0.25, 0.3) is 5.91 Å². The van der Waals surface area contributed by atoms with E-state index >= 15 is 0 Å². The van der Waals surface area contributed by atoms with Crippen molar-refractivity contribution in [3.63, 3.8) is 0 Å². The molecule has 1 aromatic carbocycles. The fourth-order valence-electron chi connectivity index (χ4n) is 2.65. The first-order valence-corrected chi connectivity index (χ1v) is 9.04. The van der Waals surface area contributed by atoms with Crippen molar-refractivity contribution in [2.45, 2.75) is 38.4 Å². The Kier molecular flexibility index (Phi) is 6.73. The Morgan fingerprint density at radius 1 is 1.30 bits per heavy atom. The zero-order valence-electron chi connectivity index (χ0n) is 15.2. The summed E-state index contributed by atoms with van der Waals surface area (Å²) in [4.78, 5) is 16.4.